The summed E-state index contributed by atoms with van der Waals surface area (Å²) in [5.74, 6) is 0.995. The van der Waals surface area contributed by atoms with Crippen LogP contribution in [0.1, 0.15) is 12.8 Å². The summed E-state index contributed by atoms with van der Waals surface area (Å²) in [5, 5.41) is 6.95. The SMILES string of the molecule is Nc1cc(NCCNC(=O)C2CC2)sn1. The fourth-order valence-corrected chi connectivity index (χ4v) is 1.83. The van der Waals surface area contributed by atoms with Crippen LogP contribution < -0.4 is 16.4 Å². The Balaban J connectivity index is 1.60. The van der Waals surface area contributed by atoms with Gasteiger partial charge in [-0.3, -0.25) is 4.79 Å². The van der Waals surface area contributed by atoms with Crippen molar-refractivity contribution >= 4 is 28.3 Å². The number of nitrogens with zero attached hydrogens (tertiary/aromatic N) is 1. The van der Waals surface area contributed by atoms with Gasteiger partial charge in [0.2, 0.25) is 5.91 Å². The molecule has 1 aliphatic carbocycles. The lowest BCUT2D eigenvalue weighted by molar-refractivity contribution is -0.122. The highest BCUT2D eigenvalue weighted by atomic mass is 32.1. The second kappa shape index (κ2) is 4.48. The predicted octanol–water partition coefficient (Wildman–Crippen LogP) is 0.663. The smallest absolute Gasteiger partial charge is 0.223 e. The highest BCUT2D eigenvalue weighted by molar-refractivity contribution is 7.10. The summed E-state index contributed by atoms with van der Waals surface area (Å²) in [5.41, 5.74) is 5.47. The molecule has 0 bridgehead atoms. The second-order valence-corrected chi connectivity index (χ2v) is 4.41. The number of nitrogens with two attached hydrogens (primary N) is 1. The molecule has 1 fully saturated rings. The van der Waals surface area contributed by atoms with Crippen molar-refractivity contribution in [1.82, 2.24) is 9.69 Å². The molecular weight excluding hydrogens is 212 g/mol. The van der Waals surface area contributed by atoms with E-state index < -0.39 is 0 Å². The minimum absolute atomic E-state index is 0.181. The molecule has 0 spiro atoms. The highest BCUT2D eigenvalue weighted by Crippen LogP contribution is 2.28. The molecular formula is C9H14N4OS. The van der Waals surface area contributed by atoms with Gasteiger partial charge in [0.15, 0.2) is 0 Å². The van der Waals surface area contributed by atoms with Gasteiger partial charge in [-0.15, -0.1) is 0 Å². The molecule has 6 heteroatoms. The van der Waals surface area contributed by atoms with E-state index in [0.29, 0.717) is 18.9 Å². The van der Waals surface area contributed by atoms with Gasteiger partial charge < -0.3 is 16.4 Å². The molecule has 82 valence electrons. The van der Waals surface area contributed by atoms with Gasteiger partial charge in [-0.25, -0.2) is 0 Å². The molecule has 0 saturated heterocycles. The van der Waals surface area contributed by atoms with Crippen LogP contribution in [-0.4, -0.2) is 23.4 Å². The average Bonchev–Trinajstić information content (AvgIpc) is 2.98. The van der Waals surface area contributed by atoms with E-state index in [1.807, 2.05) is 0 Å². The zero-order chi connectivity index (χ0) is 10.7. The number of amides is 1. The van der Waals surface area contributed by atoms with Gasteiger partial charge in [0.25, 0.3) is 0 Å². The molecule has 1 aliphatic rings. The van der Waals surface area contributed by atoms with Gasteiger partial charge in [0.05, 0.1) is 0 Å². The van der Waals surface area contributed by atoms with Crippen LogP contribution in [0, 0.1) is 5.92 Å². The van der Waals surface area contributed by atoms with Crippen LogP contribution >= 0.6 is 11.5 Å². The van der Waals surface area contributed by atoms with Crippen molar-refractivity contribution in [1.29, 1.82) is 0 Å². The van der Waals surface area contributed by atoms with Gasteiger partial charge in [-0.1, -0.05) is 0 Å². The molecule has 1 amide bonds. The zero-order valence-corrected chi connectivity index (χ0v) is 9.14. The highest BCUT2D eigenvalue weighted by Gasteiger charge is 2.28. The van der Waals surface area contributed by atoms with Crippen LogP contribution in [0.2, 0.25) is 0 Å². The fourth-order valence-electron chi connectivity index (χ4n) is 1.23. The first-order chi connectivity index (χ1) is 7.25. The predicted molar refractivity (Wildman–Crippen MR) is 60.7 cm³/mol. The summed E-state index contributed by atoms with van der Waals surface area (Å²) < 4.78 is 3.94. The minimum atomic E-state index is 0.181. The van der Waals surface area contributed by atoms with E-state index in [4.69, 9.17) is 5.73 Å². The number of hydrogen-bond donors (Lipinski definition) is 3. The first kappa shape index (κ1) is 10.2. The normalized spacial score (nSPS) is 14.9. The molecule has 1 heterocycles. The molecule has 0 aliphatic heterocycles. The number of carbonyl (C=O) groups is 1. The molecule has 1 saturated carbocycles. The Labute approximate surface area is 92.2 Å². The molecule has 4 N–H and O–H groups in total. The molecule has 2 rings (SSSR count). The maximum Gasteiger partial charge on any atom is 0.223 e. The number of rotatable bonds is 5. The van der Waals surface area contributed by atoms with Crippen LogP contribution in [-0.2, 0) is 4.79 Å². The van der Waals surface area contributed by atoms with E-state index in [9.17, 15) is 4.79 Å². The maximum absolute atomic E-state index is 11.3. The van der Waals surface area contributed by atoms with Crippen LogP contribution in [0.25, 0.3) is 0 Å². The molecule has 1 aromatic rings. The Morgan fingerprint density at radius 3 is 3.00 bits per heavy atom. The first-order valence-corrected chi connectivity index (χ1v) is 5.77. The van der Waals surface area contributed by atoms with Crippen molar-refractivity contribution in [2.75, 3.05) is 24.1 Å². The lowest BCUT2D eigenvalue weighted by Crippen LogP contribution is -2.29. The number of nitrogen functional groups attached to an aromatic ring is 1. The topological polar surface area (TPSA) is 80.0 Å². The summed E-state index contributed by atoms with van der Waals surface area (Å²) in [6.07, 6.45) is 2.09. The monoisotopic (exact) mass is 226 g/mol. The lowest BCUT2D eigenvalue weighted by atomic mass is 10.4. The molecule has 0 aromatic carbocycles. The Kier molecular flexibility index (Phi) is 3.05. The maximum atomic E-state index is 11.3. The summed E-state index contributed by atoms with van der Waals surface area (Å²) in [4.78, 5) is 11.3. The molecule has 15 heavy (non-hydrogen) atoms. The van der Waals surface area contributed by atoms with Gasteiger partial charge in [-0.2, -0.15) is 4.37 Å². The average molecular weight is 226 g/mol. The van der Waals surface area contributed by atoms with Crippen molar-refractivity contribution in [3.63, 3.8) is 0 Å². The van der Waals surface area contributed by atoms with Gasteiger partial charge in [-0.05, 0) is 24.4 Å². The lowest BCUT2D eigenvalue weighted by Gasteiger charge is -2.04. The fraction of sp³-hybridized carbons (Fsp3) is 0.556. The van der Waals surface area contributed by atoms with E-state index in [-0.39, 0.29) is 11.8 Å². The third-order valence-electron chi connectivity index (χ3n) is 2.20. The van der Waals surface area contributed by atoms with E-state index in [1.165, 1.54) is 11.5 Å². The minimum Gasteiger partial charge on any atom is -0.383 e. The largest absolute Gasteiger partial charge is 0.383 e. The molecule has 0 unspecified atom stereocenters. The van der Waals surface area contributed by atoms with Crippen molar-refractivity contribution in [2.24, 2.45) is 5.92 Å². The first-order valence-electron chi connectivity index (χ1n) is 4.99. The van der Waals surface area contributed by atoms with Crippen molar-refractivity contribution in [2.45, 2.75) is 12.8 Å². The van der Waals surface area contributed by atoms with Crippen molar-refractivity contribution < 1.29 is 4.79 Å². The third-order valence-corrected chi connectivity index (χ3v) is 2.96. The van der Waals surface area contributed by atoms with E-state index in [2.05, 4.69) is 15.0 Å². The quantitative estimate of drug-likeness (QED) is 0.644. The molecule has 0 radical (unpaired) electrons. The number of nitrogens with one attached hydrogen (secondary N) is 2. The number of hydrogen-bond acceptors (Lipinski definition) is 5. The summed E-state index contributed by atoms with van der Waals surface area (Å²) >= 11 is 1.33. The van der Waals surface area contributed by atoms with Gasteiger partial charge in [0.1, 0.15) is 10.8 Å². The number of anilines is 2. The summed E-state index contributed by atoms with van der Waals surface area (Å²) in [6, 6.07) is 1.79. The Morgan fingerprint density at radius 2 is 2.40 bits per heavy atom. The van der Waals surface area contributed by atoms with Gasteiger partial charge >= 0.3 is 0 Å². The van der Waals surface area contributed by atoms with E-state index in [0.717, 1.165) is 17.8 Å². The second-order valence-electron chi connectivity index (χ2n) is 3.61. The number of aromatic nitrogens is 1. The zero-order valence-electron chi connectivity index (χ0n) is 8.32. The van der Waals surface area contributed by atoms with E-state index >= 15 is 0 Å². The molecule has 1 aromatic heterocycles. The Morgan fingerprint density at radius 1 is 1.60 bits per heavy atom. The summed E-state index contributed by atoms with van der Waals surface area (Å²) in [6.45, 7) is 1.35. The van der Waals surface area contributed by atoms with Crippen molar-refractivity contribution in [3.05, 3.63) is 6.07 Å². The van der Waals surface area contributed by atoms with Crippen LogP contribution in [0.4, 0.5) is 10.8 Å². The molecule has 0 atom stereocenters. The van der Waals surface area contributed by atoms with Crippen LogP contribution in [0.15, 0.2) is 6.07 Å². The third kappa shape index (κ3) is 3.09. The molecule has 5 nitrogen and oxygen atoms in total. The van der Waals surface area contributed by atoms with Crippen LogP contribution in [0.5, 0.6) is 0 Å². The van der Waals surface area contributed by atoms with Crippen LogP contribution in [0.3, 0.4) is 0 Å². The number of carbonyl (C=O) groups excluding carboxylic acids is 1. The van der Waals surface area contributed by atoms with E-state index in [1.54, 1.807) is 6.07 Å². The Hall–Kier alpha value is -1.30. The van der Waals surface area contributed by atoms with Gasteiger partial charge in [0, 0.05) is 25.1 Å². The Bertz CT molecular complexity index is 348. The van der Waals surface area contributed by atoms with Crippen molar-refractivity contribution in [3.8, 4) is 0 Å². The summed E-state index contributed by atoms with van der Waals surface area (Å²) in [7, 11) is 0. The standard InChI is InChI=1S/C9H14N4OS/c10-7-5-8(15-13-7)11-3-4-12-9(14)6-1-2-6/h5-6,11H,1-4H2,(H2,10,13)(H,12,14).